The molecule has 0 saturated carbocycles. The van der Waals surface area contributed by atoms with Crippen LogP contribution in [0.2, 0.25) is 0 Å². The Hall–Kier alpha value is -2.15. The van der Waals surface area contributed by atoms with Gasteiger partial charge in [-0.15, -0.1) is 0 Å². The quantitative estimate of drug-likeness (QED) is 0.711. The summed E-state index contributed by atoms with van der Waals surface area (Å²) in [5.41, 5.74) is 1.12. The lowest BCUT2D eigenvalue weighted by molar-refractivity contribution is -0.114. The third-order valence-electron chi connectivity index (χ3n) is 1.62. The molecule has 0 radical (unpaired) electrons. The first-order chi connectivity index (χ1) is 6.67. The highest BCUT2D eigenvalue weighted by molar-refractivity contribution is 5.95. The Labute approximate surface area is 81.2 Å². The molecule has 0 heterocycles. The number of nitrogens with one attached hydrogen (secondary N) is 1. The lowest BCUT2D eigenvalue weighted by Crippen LogP contribution is -2.07. The molecule has 4 heteroatoms. The van der Waals surface area contributed by atoms with E-state index in [1.807, 2.05) is 6.07 Å². The first-order valence-electron chi connectivity index (χ1n) is 3.94. The minimum Gasteiger partial charge on any atom is -0.326 e. The van der Waals surface area contributed by atoms with E-state index >= 15 is 0 Å². The molecule has 0 aromatic heterocycles. The molecule has 1 amide bonds. The number of amides is 1. The van der Waals surface area contributed by atoms with Crippen LogP contribution in [-0.2, 0) is 4.79 Å². The molecule has 0 fully saturated rings. The molecule has 1 N–H and O–H groups in total. The van der Waals surface area contributed by atoms with E-state index in [9.17, 15) is 9.59 Å². The van der Waals surface area contributed by atoms with Crippen LogP contribution in [0.25, 0.3) is 0 Å². The zero-order valence-electron chi connectivity index (χ0n) is 7.57. The van der Waals surface area contributed by atoms with Gasteiger partial charge in [0, 0.05) is 12.5 Å². The van der Waals surface area contributed by atoms with E-state index in [1.54, 1.807) is 0 Å². The van der Waals surface area contributed by atoms with E-state index in [1.165, 1.54) is 25.1 Å². The van der Waals surface area contributed by atoms with Crippen molar-refractivity contribution in [1.29, 1.82) is 5.26 Å². The second-order valence-electron chi connectivity index (χ2n) is 2.71. The first kappa shape index (κ1) is 9.93. The third-order valence-corrected chi connectivity index (χ3v) is 1.62. The van der Waals surface area contributed by atoms with E-state index in [4.69, 9.17) is 5.26 Å². The summed E-state index contributed by atoms with van der Waals surface area (Å²) < 4.78 is 0. The maximum Gasteiger partial charge on any atom is 0.221 e. The van der Waals surface area contributed by atoms with Crippen molar-refractivity contribution >= 4 is 17.9 Å². The molecule has 0 aliphatic carbocycles. The summed E-state index contributed by atoms with van der Waals surface area (Å²) in [4.78, 5) is 21.4. The van der Waals surface area contributed by atoms with E-state index in [-0.39, 0.29) is 5.91 Å². The topological polar surface area (TPSA) is 70.0 Å². The van der Waals surface area contributed by atoms with Gasteiger partial charge >= 0.3 is 0 Å². The molecule has 0 unspecified atom stereocenters. The minimum atomic E-state index is -0.252. The molecule has 0 aliphatic rings. The van der Waals surface area contributed by atoms with Crippen molar-refractivity contribution in [2.75, 3.05) is 5.32 Å². The lowest BCUT2D eigenvalue weighted by atomic mass is 10.1. The molecule has 0 bridgehead atoms. The zero-order valence-corrected chi connectivity index (χ0v) is 7.57. The second kappa shape index (κ2) is 4.19. The van der Waals surface area contributed by atoms with Crippen LogP contribution in [0.3, 0.4) is 0 Å². The molecule has 14 heavy (non-hydrogen) atoms. The Morgan fingerprint density at radius 1 is 1.57 bits per heavy atom. The zero-order chi connectivity index (χ0) is 10.6. The SMILES string of the molecule is CC(=O)Nc1ccc(C#N)cc1C=O. The van der Waals surface area contributed by atoms with Gasteiger partial charge in [-0.2, -0.15) is 5.26 Å². The second-order valence-corrected chi connectivity index (χ2v) is 2.71. The Bertz CT molecular complexity index is 419. The van der Waals surface area contributed by atoms with Gasteiger partial charge in [0.05, 0.1) is 17.3 Å². The van der Waals surface area contributed by atoms with E-state index < -0.39 is 0 Å². The van der Waals surface area contributed by atoms with Crippen molar-refractivity contribution in [3.05, 3.63) is 29.3 Å². The lowest BCUT2D eigenvalue weighted by Gasteiger charge is -2.04. The minimum absolute atomic E-state index is 0.252. The number of hydrogen-bond acceptors (Lipinski definition) is 3. The average Bonchev–Trinajstić information content (AvgIpc) is 2.17. The van der Waals surface area contributed by atoms with Crippen LogP contribution in [-0.4, -0.2) is 12.2 Å². The number of benzene rings is 1. The smallest absolute Gasteiger partial charge is 0.221 e. The van der Waals surface area contributed by atoms with Crippen LogP contribution in [0.4, 0.5) is 5.69 Å². The highest BCUT2D eigenvalue weighted by Crippen LogP contribution is 2.15. The van der Waals surface area contributed by atoms with E-state index in [0.717, 1.165) is 0 Å². The van der Waals surface area contributed by atoms with Crippen LogP contribution >= 0.6 is 0 Å². The Morgan fingerprint density at radius 3 is 2.79 bits per heavy atom. The van der Waals surface area contributed by atoms with Gasteiger partial charge in [-0.25, -0.2) is 0 Å². The molecule has 1 aromatic rings. The average molecular weight is 188 g/mol. The molecule has 70 valence electrons. The fourth-order valence-corrected chi connectivity index (χ4v) is 1.03. The number of anilines is 1. The summed E-state index contributed by atoms with van der Waals surface area (Å²) >= 11 is 0. The molecule has 1 aromatic carbocycles. The van der Waals surface area contributed by atoms with Crippen molar-refractivity contribution in [2.24, 2.45) is 0 Å². The van der Waals surface area contributed by atoms with Gasteiger partial charge in [0.2, 0.25) is 5.91 Å². The standard InChI is InChI=1S/C10H8N2O2/c1-7(14)12-10-3-2-8(5-11)4-9(10)6-13/h2-4,6H,1H3,(H,12,14). The van der Waals surface area contributed by atoms with Gasteiger partial charge in [-0.05, 0) is 18.2 Å². The summed E-state index contributed by atoms with van der Waals surface area (Å²) in [5.74, 6) is -0.252. The molecular weight excluding hydrogens is 180 g/mol. The van der Waals surface area contributed by atoms with Gasteiger partial charge in [0.15, 0.2) is 6.29 Å². The van der Waals surface area contributed by atoms with Crippen molar-refractivity contribution in [3.63, 3.8) is 0 Å². The molecular formula is C10H8N2O2. The van der Waals surface area contributed by atoms with Crippen LogP contribution in [0, 0.1) is 11.3 Å². The maximum atomic E-state index is 10.7. The normalized spacial score (nSPS) is 8.86. The van der Waals surface area contributed by atoms with Gasteiger partial charge in [0.1, 0.15) is 0 Å². The number of carbonyl (C=O) groups excluding carboxylic acids is 2. The van der Waals surface area contributed by atoms with Crippen LogP contribution < -0.4 is 5.32 Å². The predicted octanol–water partition coefficient (Wildman–Crippen LogP) is 1.33. The highest BCUT2D eigenvalue weighted by Gasteiger charge is 2.03. The number of nitrogens with zero attached hydrogens (tertiary/aromatic N) is 1. The fourth-order valence-electron chi connectivity index (χ4n) is 1.03. The summed E-state index contributed by atoms with van der Waals surface area (Å²) in [7, 11) is 0. The largest absolute Gasteiger partial charge is 0.326 e. The summed E-state index contributed by atoms with van der Waals surface area (Å²) in [6.07, 6.45) is 0.603. The van der Waals surface area contributed by atoms with Gasteiger partial charge in [-0.1, -0.05) is 0 Å². The van der Waals surface area contributed by atoms with Crippen molar-refractivity contribution in [3.8, 4) is 6.07 Å². The number of carbonyl (C=O) groups is 2. The molecule has 0 aliphatic heterocycles. The number of nitriles is 1. The molecule has 0 atom stereocenters. The van der Waals surface area contributed by atoms with Gasteiger partial charge in [0.25, 0.3) is 0 Å². The summed E-state index contributed by atoms with van der Waals surface area (Å²) in [6, 6.07) is 6.41. The summed E-state index contributed by atoms with van der Waals surface area (Å²) in [5, 5.41) is 11.1. The monoisotopic (exact) mass is 188 g/mol. The predicted molar refractivity (Wildman–Crippen MR) is 50.8 cm³/mol. The van der Waals surface area contributed by atoms with Gasteiger partial charge in [-0.3, -0.25) is 9.59 Å². The van der Waals surface area contributed by atoms with Crippen LogP contribution in [0.5, 0.6) is 0 Å². The summed E-state index contributed by atoms with van der Waals surface area (Å²) in [6.45, 7) is 1.35. The van der Waals surface area contributed by atoms with Crippen molar-refractivity contribution in [2.45, 2.75) is 6.92 Å². The van der Waals surface area contributed by atoms with E-state index in [0.29, 0.717) is 23.1 Å². The number of rotatable bonds is 2. The van der Waals surface area contributed by atoms with Crippen LogP contribution in [0.15, 0.2) is 18.2 Å². The molecule has 0 spiro atoms. The molecule has 1 rings (SSSR count). The third kappa shape index (κ3) is 2.17. The van der Waals surface area contributed by atoms with Crippen LogP contribution in [0.1, 0.15) is 22.8 Å². The Kier molecular flexibility index (Phi) is 2.97. The number of hydrogen-bond donors (Lipinski definition) is 1. The Morgan fingerprint density at radius 2 is 2.29 bits per heavy atom. The number of aldehydes is 1. The van der Waals surface area contributed by atoms with Crippen molar-refractivity contribution < 1.29 is 9.59 Å². The van der Waals surface area contributed by atoms with E-state index in [2.05, 4.69) is 5.32 Å². The Balaban J connectivity index is 3.12. The fraction of sp³-hybridized carbons (Fsp3) is 0.100. The van der Waals surface area contributed by atoms with Crippen molar-refractivity contribution in [1.82, 2.24) is 0 Å². The maximum absolute atomic E-state index is 10.7. The highest BCUT2D eigenvalue weighted by atomic mass is 16.1. The molecule has 4 nitrogen and oxygen atoms in total. The first-order valence-corrected chi connectivity index (χ1v) is 3.94. The molecule has 0 saturated heterocycles. The van der Waals surface area contributed by atoms with Gasteiger partial charge < -0.3 is 5.32 Å².